The number of hydrogen-bond donors (Lipinski definition) is 1. The number of ether oxygens (including phenoxy) is 4. The van der Waals surface area contributed by atoms with Crippen molar-refractivity contribution in [1.82, 2.24) is 0 Å². The van der Waals surface area contributed by atoms with Crippen LogP contribution in [0.25, 0.3) is 0 Å². The Balaban J connectivity index is 1.87. The van der Waals surface area contributed by atoms with Crippen LogP contribution in [-0.2, 0) is 20.7 Å². The molecule has 0 fully saturated rings. The van der Waals surface area contributed by atoms with Crippen LogP contribution in [0.15, 0.2) is 42.5 Å². The molecule has 1 N–H and O–H groups in total. The predicted molar refractivity (Wildman–Crippen MR) is 95.8 cm³/mol. The molecule has 0 saturated heterocycles. The van der Waals surface area contributed by atoms with Gasteiger partial charge < -0.3 is 24.3 Å². The van der Waals surface area contributed by atoms with Gasteiger partial charge in [-0.15, -0.1) is 0 Å². The van der Waals surface area contributed by atoms with E-state index < -0.39 is 11.9 Å². The van der Waals surface area contributed by atoms with E-state index in [2.05, 4.69) is 5.32 Å². The van der Waals surface area contributed by atoms with Gasteiger partial charge >= 0.3 is 5.97 Å². The lowest BCUT2D eigenvalue weighted by Crippen LogP contribution is -2.21. The summed E-state index contributed by atoms with van der Waals surface area (Å²) < 4.78 is 20.4. The van der Waals surface area contributed by atoms with Gasteiger partial charge in [0.25, 0.3) is 5.91 Å². The van der Waals surface area contributed by atoms with Crippen molar-refractivity contribution < 1.29 is 28.5 Å². The second-order valence-electron chi connectivity index (χ2n) is 5.34. The molecule has 2 rings (SSSR count). The van der Waals surface area contributed by atoms with Crippen molar-refractivity contribution in [3.63, 3.8) is 0 Å². The molecular formula is C19H21NO6. The van der Waals surface area contributed by atoms with Gasteiger partial charge in [-0.3, -0.25) is 9.59 Å². The Morgan fingerprint density at radius 1 is 0.885 bits per heavy atom. The Morgan fingerprint density at radius 2 is 1.54 bits per heavy atom. The van der Waals surface area contributed by atoms with E-state index in [1.165, 1.54) is 14.2 Å². The molecule has 2 aromatic rings. The molecule has 1 amide bonds. The molecule has 26 heavy (non-hydrogen) atoms. The van der Waals surface area contributed by atoms with Crippen LogP contribution in [-0.4, -0.2) is 39.8 Å². The maximum atomic E-state index is 12.0. The highest BCUT2D eigenvalue weighted by molar-refractivity contribution is 5.93. The lowest BCUT2D eigenvalue weighted by Gasteiger charge is -2.10. The van der Waals surface area contributed by atoms with Crippen LogP contribution in [0, 0.1) is 0 Å². The predicted octanol–water partition coefficient (Wildman–Crippen LogP) is 2.44. The smallest absolute Gasteiger partial charge is 0.310 e. The Labute approximate surface area is 151 Å². The first-order chi connectivity index (χ1) is 12.5. The van der Waals surface area contributed by atoms with Crippen LogP contribution in [0.1, 0.15) is 5.56 Å². The average Bonchev–Trinajstić information content (AvgIpc) is 2.66. The number of rotatable bonds is 8. The molecular weight excluding hydrogens is 338 g/mol. The monoisotopic (exact) mass is 359 g/mol. The van der Waals surface area contributed by atoms with E-state index in [4.69, 9.17) is 18.9 Å². The number of carbonyl (C=O) groups excluding carboxylic acids is 2. The summed E-state index contributed by atoms with van der Waals surface area (Å²) in [5, 5.41) is 2.63. The first-order valence-corrected chi connectivity index (χ1v) is 7.85. The summed E-state index contributed by atoms with van der Waals surface area (Å²) in [6.45, 7) is -0.387. The van der Waals surface area contributed by atoms with Crippen molar-refractivity contribution in [2.24, 2.45) is 0 Å². The molecule has 0 radical (unpaired) electrons. The van der Waals surface area contributed by atoms with Crippen LogP contribution >= 0.6 is 0 Å². The zero-order chi connectivity index (χ0) is 18.9. The van der Waals surface area contributed by atoms with E-state index in [-0.39, 0.29) is 13.0 Å². The number of nitrogens with one attached hydrogen (secondary N) is 1. The standard InChI is InChI=1S/C19H21NO6/c1-23-15-6-4-5-13(7-15)8-19(22)26-12-18(21)20-14-9-16(24-2)11-17(10-14)25-3/h4-7,9-11H,8,12H2,1-3H3,(H,20,21). The maximum Gasteiger partial charge on any atom is 0.310 e. The number of carbonyl (C=O) groups is 2. The number of anilines is 1. The van der Waals surface area contributed by atoms with Gasteiger partial charge in [0, 0.05) is 23.9 Å². The maximum absolute atomic E-state index is 12.0. The van der Waals surface area contributed by atoms with Crippen molar-refractivity contribution in [1.29, 1.82) is 0 Å². The first kappa shape index (κ1) is 19.1. The Bertz CT molecular complexity index is 752. The van der Waals surface area contributed by atoms with Crippen LogP contribution in [0.4, 0.5) is 5.69 Å². The van der Waals surface area contributed by atoms with Gasteiger partial charge in [-0.1, -0.05) is 12.1 Å². The average molecular weight is 359 g/mol. The summed E-state index contributed by atoms with van der Waals surface area (Å²) in [6, 6.07) is 12.0. The molecule has 0 aliphatic carbocycles. The molecule has 2 aromatic carbocycles. The number of hydrogen-bond acceptors (Lipinski definition) is 6. The SMILES string of the molecule is COc1cccc(CC(=O)OCC(=O)Nc2cc(OC)cc(OC)c2)c1. The van der Waals surface area contributed by atoms with Crippen molar-refractivity contribution in [3.05, 3.63) is 48.0 Å². The molecule has 0 saturated carbocycles. The summed E-state index contributed by atoms with van der Waals surface area (Å²) in [6.07, 6.45) is 0.0530. The molecule has 7 heteroatoms. The highest BCUT2D eigenvalue weighted by Crippen LogP contribution is 2.25. The zero-order valence-electron chi connectivity index (χ0n) is 14.9. The van der Waals surface area contributed by atoms with E-state index >= 15 is 0 Å². The summed E-state index contributed by atoms with van der Waals surface area (Å²) in [4.78, 5) is 23.9. The summed E-state index contributed by atoms with van der Waals surface area (Å²) in [7, 11) is 4.58. The topological polar surface area (TPSA) is 83.1 Å². The Hall–Kier alpha value is -3.22. The van der Waals surface area contributed by atoms with Gasteiger partial charge in [-0.25, -0.2) is 0 Å². The second-order valence-corrected chi connectivity index (χ2v) is 5.34. The van der Waals surface area contributed by atoms with Crippen LogP contribution in [0.3, 0.4) is 0 Å². The molecule has 0 unspecified atom stereocenters. The van der Waals surface area contributed by atoms with E-state index in [0.29, 0.717) is 22.9 Å². The molecule has 7 nitrogen and oxygen atoms in total. The van der Waals surface area contributed by atoms with E-state index in [0.717, 1.165) is 5.56 Å². The lowest BCUT2D eigenvalue weighted by molar-refractivity contribution is -0.146. The lowest BCUT2D eigenvalue weighted by atomic mass is 10.1. The highest BCUT2D eigenvalue weighted by atomic mass is 16.5. The van der Waals surface area contributed by atoms with Crippen molar-refractivity contribution in [2.75, 3.05) is 33.3 Å². The quantitative estimate of drug-likeness (QED) is 0.729. The van der Waals surface area contributed by atoms with Gasteiger partial charge in [-0.2, -0.15) is 0 Å². The third-order valence-electron chi connectivity index (χ3n) is 3.48. The molecule has 0 heterocycles. The third-order valence-corrected chi connectivity index (χ3v) is 3.48. The molecule has 0 atom stereocenters. The minimum Gasteiger partial charge on any atom is -0.497 e. The number of benzene rings is 2. The molecule has 0 spiro atoms. The largest absolute Gasteiger partial charge is 0.497 e. The Kier molecular flexibility index (Phi) is 6.84. The van der Waals surface area contributed by atoms with Crippen molar-refractivity contribution in [3.8, 4) is 17.2 Å². The molecule has 0 bridgehead atoms. The van der Waals surface area contributed by atoms with Gasteiger partial charge in [-0.05, 0) is 17.7 Å². The van der Waals surface area contributed by atoms with Crippen LogP contribution < -0.4 is 19.5 Å². The van der Waals surface area contributed by atoms with E-state index in [1.807, 2.05) is 0 Å². The fraction of sp³-hybridized carbons (Fsp3) is 0.263. The van der Waals surface area contributed by atoms with Crippen LogP contribution in [0.2, 0.25) is 0 Å². The van der Waals surface area contributed by atoms with Crippen molar-refractivity contribution >= 4 is 17.6 Å². The summed E-state index contributed by atoms with van der Waals surface area (Å²) >= 11 is 0. The van der Waals surface area contributed by atoms with E-state index in [9.17, 15) is 9.59 Å². The zero-order valence-corrected chi connectivity index (χ0v) is 14.9. The van der Waals surface area contributed by atoms with Gasteiger partial charge in [0.05, 0.1) is 27.8 Å². The van der Waals surface area contributed by atoms with Crippen LogP contribution in [0.5, 0.6) is 17.2 Å². The molecule has 0 aliphatic rings. The summed E-state index contributed by atoms with van der Waals surface area (Å²) in [5.74, 6) is 0.764. The Morgan fingerprint density at radius 3 is 2.15 bits per heavy atom. The van der Waals surface area contributed by atoms with Gasteiger partial charge in [0.2, 0.25) is 0 Å². The molecule has 138 valence electrons. The fourth-order valence-electron chi connectivity index (χ4n) is 2.22. The minimum atomic E-state index is -0.503. The minimum absolute atomic E-state index is 0.0530. The molecule has 0 aliphatic heterocycles. The first-order valence-electron chi connectivity index (χ1n) is 7.85. The fourth-order valence-corrected chi connectivity index (χ4v) is 2.22. The van der Waals surface area contributed by atoms with Gasteiger partial charge in [0.1, 0.15) is 17.2 Å². The number of methoxy groups -OCH3 is 3. The highest BCUT2D eigenvalue weighted by Gasteiger charge is 2.11. The van der Waals surface area contributed by atoms with Crippen molar-refractivity contribution in [2.45, 2.75) is 6.42 Å². The van der Waals surface area contributed by atoms with Gasteiger partial charge in [0.15, 0.2) is 6.61 Å². The molecule has 0 aromatic heterocycles. The number of amides is 1. The second kappa shape index (κ2) is 9.31. The number of esters is 1. The summed E-state index contributed by atoms with van der Waals surface area (Å²) in [5.41, 5.74) is 1.22. The normalized spacial score (nSPS) is 9.96. The van der Waals surface area contributed by atoms with E-state index in [1.54, 1.807) is 49.6 Å². The third kappa shape index (κ3) is 5.70.